The smallest absolute Gasteiger partial charge is 0.255 e. The van der Waals surface area contributed by atoms with Crippen LogP contribution in [0.3, 0.4) is 0 Å². The number of aliphatic hydroxyl groups excluding tert-OH is 2. The molecule has 0 aliphatic heterocycles. The molecular weight excluding hydrogens is 534 g/mol. The molecule has 1 fully saturated rings. The van der Waals surface area contributed by atoms with Crippen LogP contribution in [-0.2, 0) is 20.8 Å². The van der Waals surface area contributed by atoms with E-state index in [1.54, 1.807) is 18.2 Å². The van der Waals surface area contributed by atoms with Gasteiger partial charge in [-0.1, -0.05) is 11.8 Å². The van der Waals surface area contributed by atoms with Crippen LogP contribution in [0.5, 0.6) is 5.75 Å². The number of nitrogens with two attached hydrogens (primary N) is 1. The van der Waals surface area contributed by atoms with Gasteiger partial charge in [-0.2, -0.15) is 0 Å². The zero-order valence-corrected chi connectivity index (χ0v) is 22.0. The molecular formula is C29H27N3O9. The molecule has 0 spiro atoms. The molecule has 0 bridgehead atoms. The molecule has 212 valence electrons. The van der Waals surface area contributed by atoms with Crippen molar-refractivity contribution in [2.24, 2.45) is 17.6 Å². The number of anilines is 1. The van der Waals surface area contributed by atoms with Crippen molar-refractivity contribution in [3.05, 3.63) is 75.6 Å². The molecule has 8 N–H and O–H groups in total. The number of hydrogen-bond acceptors (Lipinski definition) is 11. The second kappa shape index (κ2) is 9.76. The second-order valence-electron chi connectivity index (χ2n) is 10.5. The topological polar surface area (TPSA) is 205 Å². The maximum Gasteiger partial charge on any atom is 0.255 e. The van der Waals surface area contributed by atoms with Gasteiger partial charge in [0.25, 0.3) is 5.91 Å². The summed E-state index contributed by atoms with van der Waals surface area (Å²) in [6.07, 6.45) is 0.0739. The molecule has 0 saturated heterocycles. The quantitative estimate of drug-likeness (QED) is 0.160. The van der Waals surface area contributed by atoms with Crippen LogP contribution in [0, 0.1) is 23.7 Å². The number of carbonyl (C=O) groups is 3. The highest BCUT2D eigenvalue weighted by Gasteiger charge is 2.64. The lowest BCUT2D eigenvalue weighted by atomic mass is 9.57. The normalized spacial score (nSPS) is 25.3. The standard InChI is InChI=1S/C29H27N3O9/c1-31(2)23-18-12-15-11-17-14(6-3-13-4-8-16(9-5-13)32(40)41)7-10-19(33)21(17)24(34)20(15)26(36)29(18,39)27(37)22(25(23)35)28(30)38/h4-5,7-10,15,18,23,33-34,37,39-41H,11-12H2,1-2H3,(H2,30,38)/t15-,18-,23-,29-/m0/s1. The van der Waals surface area contributed by atoms with Gasteiger partial charge in [-0.3, -0.25) is 29.7 Å². The Morgan fingerprint density at radius 1 is 1.02 bits per heavy atom. The van der Waals surface area contributed by atoms with Gasteiger partial charge in [-0.15, -0.1) is 5.23 Å². The summed E-state index contributed by atoms with van der Waals surface area (Å²) in [4.78, 5) is 40.6. The molecule has 2 aromatic carbocycles. The number of benzene rings is 2. The Morgan fingerprint density at radius 3 is 2.27 bits per heavy atom. The number of fused-ring (bicyclic) bond motifs is 3. The fraction of sp³-hybridized carbons (Fsp3) is 0.276. The van der Waals surface area contributed by atoms with Crippen molar-refractivity contribution in [2.75, 3.05) is 19.3 Å². The van der Waals surface area contributed by atoms with Gasteiger partial charge in [0, 0.05) is 22.6 Å². The number of ketones is 2. The summed E-state index contributed by atoms with van der Waals surface area (Å²) >= 11 is 0. The van der Waals surface area contributed by atoms with Gasteiger partial charge in [-0.05, 0) is 74.8 Å². The first-order chi connectivity index (χ1) is 19.3. The number of hydrogen-bond donors (Lipinski definition) is 7. The SMILES string of the molecule is CN(C)[C@@H]1C(=O)C(C(N)=O)=C(O)[C@@]2(O)C(=O)C3=C(O)c4c(O)ccc(C#Cc5ccc(N(O)O)cc5)c4C[C@H]3C[C@@H]12. The number of aromatic hydroxyl groups is 1. The number of primary amides is 1. The molecule has 2 aromatic rings. The first-order valence-corrected chi connectivity index (χ1v) is 12.6. The first kappa shape index (κ1) is 27.9. The Kier molecular flexibility index (Phi) is 6.63. The molecule has 41 heavy (non-hydrogen) atoms. The van der Waals surface area contributed by atoms with Crippen LogP contribution in [0.1, 0.15) is 28.7 Å². The monoisotopic (exact) mass is 561 g/mol. The molecule has 4 atom stereocenters. The lowest BCUT2D eigenvalue weighted by Gasteiger charge is -2.50. The van der Waals surface area contributed by atoms with Crippen LogP contribution in [0.25, 0.3) is 5.76 Å². The van der Waals surface area contributed by atoms with Crippen molar-refractivity contribution in [3.8, 4) is 17.6 Å². The molecule has 12 heteroatoms. The number of amides is 1. The van der Waals surface area contributed by atoms with Crippen molar-refractivity contribution in [2.45, 2.75) is 24.5 Å². The van der Waals surface area contributed by atoms with E-state index >= 15 is 0 Å². The molecule has 1 saturated carbocycles. The summed E-state index contributed by atoms with van der Waals surface area (Å²) in [6, 6.07) is 7.68. The Bertz CT molecular complexity index is 1630. The number of rotatable bonds is 3. The van der Waals surface area contributed by atoms with E-state index in [0.29, 0.717) is 16.7 Å². The fourth-order valence-electron chi connectivity index (χ4n) is 6.18. The van der Waals surface area contributed by atoms with E-state index in [1.807, 2.05) is 0 Å². The van der Waals surface area contributed by atoms with E-state index in [0.717, 1.165) is 0 Å². The summed E-state index contributed by atoms with van der Waals surface area (Å²) in [5.41, 5.74) is 3.00. The van der Waals surface area contributed by atoms with Crippen LogP contribution in [-0.4, -0.2) is 79.0 Å². The third-order valence-electron chi connectivity index (χ3n) is 8.04. The zero-order chi connectivity index (χ0) is 30.0. The van der Waals surface area contributed by atoms with E-state index in [1.165, 1.54) is 37.2 Å². The Hall–Kier alpha value is -4.67. The minimum atomic E-state index is -2.71. The maximum absolute atomic E-state index is 13.9. The third kappa shape index (κ3) is 4.14. The average molecular weight is 562 g/mol. The Balaban J connectivity index is 1.64. The van der Waals surface area contributed by atoms with E-state index in [9.17, 15) is 34.8 Å². The number of aliphatic hydroxyl groups is 3. The summed E-state index contributed by atoms with van der Waals surface area (Å²) < 4.78 is 0. The fourth-order valence-corrected chi connectivity index (χ4v) is 6.18. The van der Waals surface area contributed by atoms with Gasteiger partial charge in [0.15, 0.2) is 11.4 Å². The summed E-state index contributed by atoms with van der Waals surface area (Å²) in [5, 5.41) is 62.8. The van der Waals surface area contributed by atoms with E-state index in [-0.39, 0.29) is 40.6 Å². The Labute approximate surface area is 233 Å². The molecule has 0 aromatic heterocycles. The van der Waals surface area contributed by atoms with E-state index in [4.69, 9.17) is 16.1 Å². The number of phenolic OH excluding ortho intramolecular Hbond substituents is 1. The lowest BCUT2D eigenvalue weighted by Crippen LogP contribution is -2.65. The largest absolute Gasteiger partial charge is 0.508 e. The van der Waals surface area contributed by atoms with Crippen molar-refractivity contribution >= 4 is 28.9 Å². The molecule has 0 unspecified atom stereocenters. The third-order valence-corrected chi connectivity index (χ3v) is 8.04. The molecule has 5 rings (SSSR count). The van der Waals surface area contributed by atoms with Crippen LogP contribution in [0.4, 0.5) is 5.69 Å². The summed E-state index contributed by atoms with van der Waals surface area (Å²) in [6.45, 7) is 0. The highest BCUT2D eigenvalue weighted by Crippen LogP contribution is 2.52. The van der Waals surface area contributed by atoms with E-state index in [2.05, 4.69) is 11.8 Å². The summed E-state index contributed by atoms with van der Waals surface area (Å²) in [5.74, 6) is -1.26. The van der Waals surface area contributed by atoms with Gasteiger partial charge >= 0.3 is 0 Å². The molecule has 0 heterocycles. The predicted octanol–water partition coefficient (Wildman–Crippen LogP) is 0.949. The molecule has 1 amide bonds. The maximum atomic E-state index is 13.9. The number of carbonyl (C=O) groups excluding carboxylic acids is 3. The van der Waals surface area contributed by atoms with Gasteiger partial charge in [-0.25, -0.2) is 0 Å². The van der Waals surface area contributed by atoms with Crippen molar-refractivity contribution in [3.63, 3.8) is 0 Å². The van der Waals surface area contributed by atoms with Crippen LogP contribution in [0.15, 0.2) is 53.3 Å². The van der Waals surface area contributed by atoms with Crippen molar-refractivity contribution < 1.29 is 45.2 Å². The Morgan fingerprint density at radius 2 is 1.68 bits per heavy atom. The summed E-state index contributed by atoms with van der Waals surface area (Å²) in [7, 11) is 3.06. The van der Waals surface area contributed by atoms with Gasteiger partial charge in [0.1, 0.15) is 22.8 Å². The highest BCUT2D eigenvalue weighted by molar-refractivity contribution is 6.24. The van der Waals surface area contributed by atoms with Gasteiger partial charge in [0.05, 0.1) is 17.3 Å². The van der Waals surface area contributed by atoms with Crippen molar-refractivity contribution in [1.82, 2.24) is 4.90 Å². The minimum Gasteiger partial charge on any atom is -0.508 e. The van der Waals surface area contributed by atoms with Gasteiger partial charge < -0.3 is 26.2 Å². The average Bonchev–Trinajstić information content (AvgIpc) is 2.90. The molecule has 0 radical (unpaired) electrons. The number of Topliss-reactive ketones (excluding diaryl/α,β-unsaturated/α-hetero) is 2. The van der Waals surface area contributed by atoms with Crippen LogP contribution < -0.4 is 11.0 Å². The second-order valence-corrected chi connectivity index (χ2v) is 10.5. The van der Waals surface area contributed by atoms with E-state index < -0.39 is 58.0 Å². The van der Waals surface area contributed by atoms with Gasteiger partial charge in [0.2, 0.25) is 5.78 Å². The number of likely N-dealkylation sites (N-methyl/N-ethyl adjacent to an activating group) is 1. The molecule has 3 aliphatic rings. The minimum absolute atomic E-state index is 0.0300. The zero-order valence-electron chi connectivity index (χ0n) is 22.0. The molecule has 3 aliphatic carbocycles. The lowest BCUT2D eigenvalue weighted by molar-refractivity contribution is -0.153. The van der Waals surface area contributed by atoms with Crippen LogP contribution in [0.2, 0.25) is 0 Å². The first-order valence-electron chi connectivity index (χ1n) is 12.6. The number of phenols is 1. The number of nitrogens with zero attached hydrogens (tertiary/aromatic N) is 2. The van der Waals surface area contributed by atoms with Crippen molar-refractivity contribution in [1.29, 1.82) is 0 Å². The molecule has 12 nitrogen and oxygen atoms in total. The highest BCUT2D eigenvalue weighted by atomic mass is 16.8. The van der Waals surface area contributed by atoms with Crippen LogP contribution >= 0.6 is 0 Å². The predicted molar refractivity (Wildman–Crippen MR) is 143 cm³/mol.